The summed E-state index contributed by atoms with van der Waals surface area (Å²) in [5, 5.41) is 22.0. The Labute approximate surface area is 115 Å². The average molecular weight is 329 g/mol. The standard InChI is InChI=1S/C11H9BrN2O5/c12-5-1-2-8(9(3-5)14(18)19)13-10(15)6-4-7(6)11(16)17/h1-3,6-7H,4H2,(H,13,15)(H,16,17)/t6-,7+/m1/s1. The summed E-state index contributed by atoms with van der Waals surface area (Å²) in [6.45, 7) is 0. The van der Waals surface area contributed by atoms with Gasteiger partial charge in [0.2, 0.25) is 5.91 Å². The van der Waals surface area contributed by atoms with Crippen molar-refractivity contribution in [3.8, 4) is 0 Å². The van der Waals surface area contributed by atoms with Crippen molar-refractivity contribution in [2.24, 2.45) is 11.8 Å². The van der Waals surface area contributed by atoms with Crippen LogP contribution in [-0.4, -0.2) is 21.9 Å². The number of benzene rings is 1. The number of carbonyl (C=O) groups excluding carboxylic acids is 1. The molecule has 0 radical (unpaired) electrons. The van der Waals surface area contributed by atoms with Crippen LogP contribution in [0.3, 0.4) is 0 Å². The van der Waals surface area contributed by atoms with Gasteiger partial charge >= 0.3 is 5.97 Å². The highest BCUT2D eigenvalue weighted by Gasteiger charge is 2.48. The minimum absolute atomic E-state index is 0.0641. The third-order valence-corrected chi connectivity index (χ3v) is 3.35. The first-order valence-electron chi connectivity index (χ1n) is 5.37. The minimum atomic E-state index is -1.02. The summed E-state index contributed by atoms with van der Waals surface area (Å²) >= 11 is 3.11. The second kappa shape index (κ2) is 4.96. The number of aliphatic carboxylic acids is 1. The Balaban J connectivity index is 2.14. The van der Waals surface area contributed by atoms with Gasteiger partial charge in [-0.3, -0.25) is 19.7 Å². The van der Waals surface area contributed by atoms with Crippen LogP contribution in [0.2, 0.25) is 0 Å². The number of carbonyl (C=O) groups is 2. The van der Waals surface area contributed by atoms with E-state index in [2.05, 4.69) is 21.2 Å². The van der Waals surface area contributed by atoms with E-state index < -0.39 is 28.6 Å². The molecule has 2 rings (SSSR count). The average Bonchev–Trinajstić information content (AvgIpc) is 3.11. The number of nitro groups is 1. The summed E-state index contributed by atoms with van der Waals surface area (Å²) in [5.41, 5.74) is -0.176. The number of carboxylic acid groups (broad SMARTS) is 1. The zero-order valence-electron chi connectivity index (χ0n) is 9.50. The van der Waals surface area contributed by atoms with Gasteiger partial charge in [0.15, 0.2) is 0 Å². The number of carboxylic acids is 1. The first-order valence-corrected chi connectivity index (χ1v) is 6.17. The van der Waals surface area contributed by atoms with Crippen LogP contribution in [0.5, 0.6) is 0 Å². The Morgan fingerprint density at radius 2 is 2.11 bits per heavy atom. The summed E-state index contributed by atoms with van der Waals surface area (Å²) < 4.78 is 0.520. The van der Waals surface area contributed by atoms with E-state index in [1.54, 1.807) is 6.07 Å². The minimum Gasteiger partial charge on any atom is -0.481 e. The molecule has 0 bridgehead atoms. The number of anilines is 1. The van der Waals surface area contributed by atoms with Crippen molar-refractivity contribution in [1.82, 2.24) is 0 Å². The summed E-state index contributed by atoms with van der Waals surface area (Å²) in [6, 6.07) is 4.24. The van der Waals surface area contributed by atoms with Gasteiger partial charge < -0.3 is 10.4 Å². The molecule has 0 aromatic heterocycles. The van der Waals surface area contributed by atoms with Gasteiger partial charge in [-0.15, -0.1) is 0 Å². The maximum atomic E-state index is 11.7. The van der Waals surface area contributed by atoms with Gasteiger partial charge in [0, 0.05) is 10.5 Å². The Morgan fingerprint density at radius 1 is 1.42 bits per heavy atom. The summed E-state index contributed by atoms with van der Waals surface area (Å²) in [5.74, 6) is -2.82. The molecule has 2 atom stereocenters. The maximum absolute atomic E-state index is 11.7. The van der Waals surface area contributed by atoms with Gasteiger partial charge in [-0.05, 0) is 18.6 Å². The molecule has 1 fully saturated rings. The Kier molecular flexibility index (Phi) is 3.52. The Morgan fingerprint density at radius 3 is 2.63 bits per heavy atom. The normalized spacial score (nSPS) is 20.7. The van der Waals surface area contributed by atoms with E-state index in [1.807, 2.05) is 0 Å². The number of halogens is 1. The fourth-order valence-corrected chi connectivity index (χ4v) is 2.09. The van der Waals surface area contributed by atoms with Crippen LogP contribution in [0.1, 0.15) is 6.42 Å². The molecule has 1 amide bonds. The fraction of sp³-hybridized carbons (Fsp3) is 0.273. The predicted molar refractivity (Wildman–Crippen MR) is 68.7 cm³/mol. The molecule has 1 saturated carbocycles. The molecule has 2 N–H and O–H groups in total. The lowest BCUT2D eigenvalue weighted by Crippen LogP contribution is -2.17. The number of hydrogen-bond donors (Lipinski definition) is 2. The molecular weight excluding hydrogens is 320 g/mol. The molecule has 0 spiro atoms. The summed E-state index contributed by atoms with van der Waals surface area (Å²) in [4.78, 5) is 32.6. The molecule has 0 saturated heterocycles. The van der Waals surface area contributed by atoms with E-state index in [4.69, 9.17) is 5.11 Å². The van der Waals surface area contributed by atoms with Crippen molar-refractivity contribution in [3.63, 3.8) is 0 Å². The molecule has 8 heteroatoms. The SMILES string of the molecule is O=C(O)[C@H]1C[C@H]1C(=O)Nc1ccc(Br)cc1[N+](=O)[O-]. The third kappa shape index (κ3) is 2.90. The molecule has 19 heavy (non-hydrogen) atoms. The molecule has 1 aromatic rings. The van der Waals surface area contributed by atoms with Crippen LogP contribution in [0.4, 0.5) is 11.4 Å². The monoisotopic (exact) mass is 328 g/mol. The van der Waals surface area contributed by atoms with Crippen LogP contribution < -0.4 is 5.32 Å². The lowest BCUT2D eigenvalue weighted by molar-refractivity contribution is -0.384. The van der Waals surface area contributed by atoms with Crippen molar-refractivity contribution in [2.75, 3.05) is 5.32 Å². The topological polar surface area (TPSA) is 110 Å². The predicted octanol–water partition coefficient (Wildman–Crippen LogP) is 2.02. The lowest BCUT2D eigenvalue weighted by Gasteiger charge is -2.05. The molecule has 0 heterocycles. The molecule has 1 aliphatic rings. The molecule has 1 aliphatic carbocycles. The Bertz CT molecular complexity index is 574. The molecule has 7 nitrogen and oxygen atoms in total. The van der Waals surface area contributed by atoms with Crippen LogP contribution >= 0.6 is 15.9 Å². The van der Waals surface area contributed by atoms with Crippen LogP contribution in [0.15, 0.2) is 22.7 Å². The number of nitrogens with zero attached hydrogens (tertiary/aromatic N) is 1. The quantitative estimate of drug-likeness (QED) is 0.649. The van der Waals surface area contributed by atoms with E-state index in [9.17, 15) is 19.7 Å². The maximum Gasteiger partial charge on any atom is 0.307 e. The van der Waals surface area contributed by atoms with E-state index in [-0.39, 0.29) is 17.8 Å². The Hall–Kier alpha value is -1.96. The van der Waals surface area contributed by atoms with Crippen LogP contribution in [-0.2, 0) is 9.59 Å². The van der Waals surface area contributed by atoms with E-state index in [1.165, 1.54) is 12.1 Å². The number of amides is 1. The zero-order chi connectivity index (χ0) is 14.2. The molecule has 0 unspecified atom stereocenters. The van der Waals surface area contributed by atoms with Crippen LogP contribution in [0, 0.1) is 22.0 Å². The smallest absolute Gasteiger partial charge is 0.307 e. The third-order valence-electron chi connectivity index (χ3n) is 2.86. The number of hydrogen-bond acceptors (Lipinski definition) is 4. The van der Waals surface area contributed by atoms with Gasteiger partial charge in [-0.2, -0.15) is 0 Å². The summed E-state index contributed by atoms with van der Waals surface area (Å²) in [6.07, 6.45) is 0.269. The fourth-order valence-electron chi connectivity index (χ4n) is 1.74. The van der Waals surface area contributed by atoms with Gasteiger partial charge in [-0.1, -0.05) is 15.9 Å². The van der Waals surface area contributed by atoms with Crippen molar-refractivity contribution in [3.05, 3.63) is 32.8 Å². The highest BCUT2D eigenvalue weighted by Crippen LogP contribution is 2.40. The number of rotatable bonds is 4. The van der Waals surface area contributed by atoms with Gasteiger partial charge in [0.25, 0.3) is 5.69 Å². The lowest BCUT2D eigenvalue weighted by atomic mass is 10.2. The van der Waals surface area contributed by atoms with E-state index in [0.29, 0.717) is 4.47 Å². The highest BCUT2D eigenvalue weighted by atomic mass is 79.9. The van der Waals surface area contributed by atoms with Gasteiger partial charge in [0.05, 0.1) is 16.8 Å². The largest absolute Gasteiger partial charge is 0.481 e. The van der Waals surface area contributed by atoms with Gasteiger partial charge in [0.1, 0.15) is 5.69 Å². The van der Waals surface area contributed by atoms with E-state index >= 15 is 0 Å². The summed E-state index contributed by atoms with van der Waals surface area (Å²) in [7, 11) is 0. The molecule has 100 valence electrons. The van der Waals surface area contributed by atoms with Gasteiger partial charge in [-0.25, -0.2) is 0 Å². The van der Waals surface area contributed by atoms with Crippen molar-refractivity contribution in [2.45, 2.75) is 6.42 Å². The molecule has 0 aliphatic heterocycles. The number of nitrogens with one attached hydrogen (secondary N) is 1. The second-order valence-electron chi connectivity index (χ2n) is 4.19. The van der Waals surface area contributed by atoms with E-state index in [0.717, 1.165) is 0 Å². The number of nitro benzene ring substituents is 1. The van der Waals surface area contributed by atoms with Crippen LogP contribution in [0.25, 0.3) is 0 Å². The molecule has 1 aromatic carbocycles. The van der Waals surface area contributed by atoms with Crippen molar-refractivity contribution >= 4 is 39.2 Å². The zero-order valence-corrected chi connectivity index (χ0v) is 11.1. The first kappa shape index (κ1) is 13.5. The van der Waals surface area contributed by atoms with Crippen molar-refractivity contribution in [1.29, 1.82) is 0 Å². The first-order chi connectivity index (χ1) is 8.90. The highest BCUT2D eigenvalue weighted by molar-refractivity contribution is 9.10. The second-order valence-corrected chi connectivity index (χ2v) is 5.11. The molecular formula is C11H9BrN2O5. The van der Waals surface area contributed by atoms with Crippen molar-refractivity contribution < 1.29 is 19.6 Å².